The highest BCUT2D eigenvalue weighted by Crippen LogP contribution is 2.27. The molecule has 0 spiro atoms. The highest BCUT2D eigenvalue weighted by atomic mass is 16.5. The normalized spacial score (nSPS) is 10.8. The number of hydrogen-bond donors (Lipinski definition) is 0. The number of likely N-dealkylation sites (N-methyl/N-ethyl adjacent to an activating group) is 1. The lowest BCUT2D eigenvalue weighted by Crippen LogP contribution is -2.32. The van der Waals surface area contributed by atoms with E-state index in [4.69, 9.17) is 9.47 Å². The van der Waals surface area contributed by atoms with Gasteiger partial charge in [-0.25, -0.2) is 0 Å². The van der Waals surface area contributed by atoms with Crippen LogP contribution in [-0.4, -0.2) is 43.2 Å². The Bertz CT molecular complexity index is 946. The second-order valence-corrected chi connectivity index (χ2v) is 6.69. The molecule has 0 aliphatic heterocycles. The molecule has 0 atom stereocenters. The van der Waals surface area contributed by atoms with Crippen LogP contribution in [0.3, 0.4) is 0 Å². The van der Waals surface area contributed by atoms with E-state index in [2.05, 4.69) is 22.8 Å². The summed E-state index contributed by atoms with van der Waals surface area (Å²) in [6, 6.07) is 16.1. The second kappa shape index (κ2) is 8.16. The summed E-state index contributed by atoms with van der Waals surface area (Å²) in [5.41, 5.74) is 3.30. The van der Waals surface area contributed by atoms with Gasteiger partial charge in [0, 0.05) is 24.8 Å². The van der Waals surface area contributed by atoms with Gasteiger partial charge in [0.1, 0.15) is 6.54 Å². The van der Waals surface area contributed by atoms with Crippen LogP contribution in [0.1, 0.15) is 11.3 Å². The van der Waals surface area contributed by atoms with Gasteiger partial charge in [0.25, 0.3) is 0 Å². The van der Waals surface area contributed by atoms with E-state index in [0.29, 0.717) is 24.6 Å². The van der Waals surface area contributed by atoms with Crippen molar-refractivity contribution >= 4 is 16.8 Å². The first-order valence-electron chi connectivity index (χ1n) is 9.03. The first-order chi connectivity index (χ1) is 13.0. The summed E-state index contributed by atoms with van der Waals surface area (Å²) in [6.07, 6.45) is 0.758. The molecule has 3 aromatic rings. The standard InChI is InChI=1S/C22H26N2O3/c1-16-13-18-7-5-6-8-19(18)24(16)15-22(25)23(2)12-11-17-9-10-20(26-3)21(14-17)27-4/h5-10,13-14H,11-12,15H2,1-4H3. The van der Waals surface area contributed by atoms with E-state index < -0.39 is 0 Å². The van der Waals surface area contributed by atoms with E-state index in [1.807, 2.05) is 44.3 Å². The van der Waals surface area contributed by atoms with Gasteiger partial charge in [0.15, 0.2) is 11.5 Å². The lowest BCUT2D eigenvalue weighted by molar-refractivity contribution is -0.130. The molecule has 5 heteroatoms. The SMILES string of the molecule is COc1ccc(CCN(C)C(=O)Cn2c(C)cc3ccccc32)cc1OC. The van der Waals surface area contributed by atoms with Crippen LogP contribution in [-0.2, 0) is 17.8 Å². The zero-order valence-electron chi connectivity index (χ0n) is 16.4. The largest absolute Gasteiger partial charge is 0.493 e. The summed E-state index contributed by atoms with van der Waals surface area (Å²) in [6.45, 7) is 3.03. The van der Waals surface area contributed by atoms with Gasteiger partial charge in [0.2, 0.25) is 5.91 Å². The van der Waals surface area contributed by atoms with Crippen LogP contribution in [0.15, 0.2) is 48.5 Å². The number of rotatable bonds is 7. The molecule has 0 saturated heterocycles. The monoisotopic (exact) mass is 366 g/mol. The van der Waals surface area contributed by atoms with E-state index in [9.17, 15) is 4.79 Å². The van der Waals surface area contributed by atoms with Crippen molar-refractivity contribution in [2.75, 3.05) is 27.8 Å². The number of aromatic nitrogens is 1. The van der Waals surface area contributed by atoms with Crippen LogP contribution in [0.25, 0.3) is 10.9 Å². The molecule has 142 valence electrons. The maximum absolute atomic E-state index is 12.7. The molecule has 5 nitrogen and oxygen atoms in total. The van der Waals surface area contributed by atoms with Crippen LogP contribution in [0.2, 0.25) is 0 Å². The number of methoxy groups -OCH3 is 2. The summed E-state index contributed by atoms with van der Waals surface area (Å²) in [5.74, 6) is 1.51. The lowest BCUT2D eigenvalue weighted by atomic mass is 10.1. The molecule has 1 amide bonds. The van der Waals surface area contributed by atoms with E-state index in [0.717, 1.165) is 28.6 Å². The van der Waals surface area contributed by atoms with Crippen molar-refractivity contribution in [1.82, 2.24) is 9.47 Å². The fraction of sp³-hybridized carbons (Fsp3) is 0.318. The quantitative estimate of drug-likeness (QED) is 0.641. The number of amides is 1. The molecule has 2 aromatic carbocycles. The summed E-state index contributed by atoms with van der Waals surface area (Å²) in [5, 5.41) is 1.16. The van der Waals surface area contributed by atoms with Gasteiger partial charge in [-0.15, -0.1) is 0 Å². The van der Waals surface area contributed by atoms with Crippen LogP contribution >= 0.6 is 0 Å². The molecule has 0 aliphatic rings. The number of hydrogen-bond acceptors (Lipinski definition) is 3. The van der Waals surface area contributed by atoms with Crippen molar-refractivity contribution in [2.45, 2.75) is 19.9 Å². The molecule has 27 heavy (non-hydrogen) atoms. The maximum Gasteiger partial charge on any atom is 0.242 e. The molecule has 0 aliphatic carbocycles. The van der Waals surface area contributed by atoms with Gasteiger partial charge in [-0.05, 0) is 48.6 Å². The van der Waals surface area contributed by atoms with Gasteiger partial charge in [0.05, 0.1) is 14.2 Å². The Hall–Kier alpha value is -2.95. The third kappa shape index (κ3) is 4.08. The molecule has 0 unspecified atom stereocenters. The highest BCUT2D eigenvalue weighted by Gasteiger charge is 2.13. The molecule has 0 N–H and O–H groups in total. The zero-order valence-corrected chi connectivity index (χ0v) is 16.4. The number of ether oxygens (including phenoxy) is 2. The Balaban J connectivity index is 1.65. The molecule has 0 fully saturated rings. The minimum atomic E-state index is 0.0972. The van der Waals surface area contributed by atoms with Gasteiger partial charge in [-0.2, -0.15) is 0 Å². The Kier molecular flexibility index (Phi) is 5.69. The van der Waals surface area contributed by atoms with E-state index >= 15 is 0 Å². The number of carbonyl (C=O) groups excluding carboxylic acids is 1. The van der Waals surface area contributed by atoms with Crippen LogP contribution in [0.4, 0.5) is 0 Å². The molecular formula is C22H26N2O3. The van der Waals surface area contributed by atoms with Crippen LogP contribution in [0, 0.1) is 6.92 Å². The Morgan fingerprint density at radius 2 is 1.78 bits per heavy atom. The number of aryl methyl sites for hydroxylation is 1. The van der Waals surface area contributed by atoms with Gasteiger partial charge in [-0.3, -0.25) is 4.79 Å². The van der Waals surface area contributed by atoms with Crippen molar-refractivity contribution in [3.05, 3.63) is 59.8 Å². The molecule has 0 saturated carbocycles. The smallest absolute Gasteiger partial charge is 0.242 e. The number of para-hydroxylation sites is 1. The number of carbonyl (C=O) groups is 1. The molecule has 1 aromatic heterocycles. The summed E-state index contributed by atoms with van der Waals surface area (Å²) < 4.78 is 12.7. The highest BCUT2D eigenvalue weighted by molar-refractivity contribution is 5.84. The Morgan fingerprint density at radius 3 is 2.52 bits per heavy atom. The average molecular weight is 366 g/mol. The zero-order chi connectivity index (χ0) is 19.4. The minimum Gasteiger partial charge on any atom is -0.493 e. The minimum absolute atomic E-state index is 0.0972. The summed E-state index contributed by atoms with van der Waals surface area (Å²) >= 11 is 0. The predicted octanol–water partition coefficient (Wildman–Crippen LogP) is 3.67. The summed E-state index contributed by atoms with van der Waals surface area (Å²) in [7, 11) is 5.10. The fourth-order valence-electron chi connectivity index (χ4n) is 3.27. The average Bonchev–Trinajstić information content (AvgIpc) is 3.01. The fourth-order valence-corrected chi connectivity index (χ4v) is 3.27. The van der Waals surface area contributed by atoms with Crippen molar-refractivity contribution in [3.8, 4) is 11.5 Å². The third-order valence-corrected chi connectivity index (χ3v) is 4.92. The van der Waals surface area contributed by atoms with Gasteiger partial charge >= 0.3 is 0 Å². The number of fused-ring (bicyclic) bond motifs is 1. The van der Waals surface area contributed by atoms with Crippen molar-refractivity contribution in [1.29, 1.82) is 0 Å². The van der Waals surface area contributed by atoms with Crippen LogP contribution in [0.5, 0.6) is 11.5 Å². The molecular weight excluding hydrogens is 340 g/mol. The summed E-state index contributed by atoms with van der Waals surface area (Å²) in [4.78, 5) is 14.5. The topological polar surface area (TPSA) is 43.7 Å². The first-order valence-corrected chi connectivity index (χ1v) is 9.03. The lowest BCUT2D eigenvalue weighted by Gasteiger charge is -2.19. The number of nitrogens with zero attached hydrogens (tertiary/aromatic N) is 2. The molecule has 0 radical (unpaired) electrons. The van der Waals surface area contributed by atoms with Crippen molar-refractivity contribution in [2.24, 2.45) is 0 Å². The predicted molar refractivity (Wildman–Crippen MR) is 108 cm³/mol. The number of benzene rings is 2. The first kappa shape index (κ1) is 18.8. The van der Waals surface area contributed by atoms with Crippen molar-refractivity contribution in [3.63, 3.8) is 0 Å². The second-order valence-electron chi connectivity index (χ2n) is 6.69. The Labute approximate surface area is 160 Å². The molecule has 0 bridgehead atoms. The van der Waals surface area contributed by atoms with E-state index in [-0.39, 0.29) is 5.91 Å². The Morgan fingerprint density at radius 1 is 1.04 bits per heavy atom. The van der Waals surface area contributed by atoms with E-state index in [1.54, 1.807) is 19.1 Å². The molecule has 3 rings (SSSR count). The van der Waals surface area contributed by atoms with Crippen LogP contribution < -0.4 is 9.47 Å². The van der Waals surface area contributed by atoms with Crippen molar-refractivity contribution < 1.29 is 14.3 Å². The van der Waals surface area contributed by atoms with Gasteiger partial charge < -0.3 is 18.9 Å². The maximum atomic E-state index is 12.7. The van der Waals surface area contributed by atoms with Gasteiger partial charge in [-0.1, -0.05) is 24.3 Å². The van der Waals surface area contributed by atoms with E-state index in [1.165, 1.54) is 0 Å². The third-order valence-electron chi connectivity index (χ3n) is 4.92. The molecule has 1 heterocycles.